The quantitative estimate of drug-likeness (QED) is 0.922. The molecule has 1 saturated heterocycles. The number of ether oxygens (including phenoxy) is 1. The van der Waals surface area contributed by atoms with Crippen molar-refractivity contribution in [3.8, 4) is 0 Å². The van der Waals surface area contributed by atoms with Gasteiger partial charge in [-0.15, -0.1) is 0 Å². The Kier molecular flexibility index (Phi) is 5.96. The van der Waals surface area contributed by atoms with Gasteiger partial charge in [0.15, 0.2) is 0 Å². The lowest BCUT2D eigenvalue weighted by Gasteiger charge is -2.29. The number of benzene rings is 1. The van der Waals surface area contributed by atoms with Gasteiger partial charge in [0.05, 0.1) is 13.2 Å². The van der Waals surface area contributed by atoms with Crippen LogP contribution in [0.3, 0.4) is 0 Å². The fraction of sp³-hybridized carbons (Fsp3) is 0.632. The molecule has 132 valence electrons. The van der Waals surface area contributed by atoms with Crippen molar-refractivity contribution in [3.05, 3.63) is 29.8 Å². The molecule has 0 aromatic heterocycles. The zero-order valence-corrected chi connectivity index (χ0v) is 14.7. The Bertz CT molecular complexity index is 520. The van der Waals surface area contributed by atoms with E-state index in [0.29, 0.717) is 12.6 Å². The lowest BCUT2D eigenvalue weighted by molar-refractivity contribution is 0.122. The highest BCUT2D eigenvalue weighted by Crippen LogP contribution is 2.19. The smallest absolute Gasteiger partial charge is 0.317 e. The van der Waals surface area contributed by atoms with Crippen molar-refractivity contribution in [1.82, 2.24) is 10.2 Å². The lowest BCUT2D eigenvalue weighted by Crippen LogP contribution is -2.43. The molecule has 0 unspecified atom stereocenters. The Balaban J connectivity index is 1.49. The van der Waals surface area contributed by atoms with E-state index in [9.17, 15) is 4.79 Å². The van der Waals surface area contributed by atoms with E-state index in [4.69, 9.17) is 4.74 Å². The fourth-order valence-electron chi connectivity index (χ4n) is 3.51. The molecule has 2 amide bonds. The van der Waals surface area contributed by atoms with Gasteiger partial charge < -0.3 is 19.9 Å². The van der Waals surface area contributed by atoms with Gasteiger partial charge in [-0.2, -0.15) is 0 Å². The van der Waals surface area contributed by atoms with Gasteiger partial charge in [-0.25, -0.2) is 4.79 Å². The van der Waals surface area contributed by atoms with Crippen LogP contribution in [-0.2, 0) is 11.3 Å². The van der Waals surface area contributed by atoms with Gasteiger partial charge in [0.2, 0.25) is 0 Å². The molecule has 0 atom stereocenters. The average Bonchev–Trinajstić information content (AvgIpc) is 2.64. The van der Waals surface area contributed by atoms with Crippen molar-refractivity contribution < 1.29 is 9.53 Å². The molecular weight excluding hydrogens is 302 g/mol. The van der Waals surface area contributed by atoms with Crippen LogP contribution in [0.4, 0.5) is 10.5 Å². The van der Waals surface area contributed by atoms with Gasteiger partial charge in [0.1, 0.15) is 0 Å². The molecule has 1 saturated carbocycles. The third-order valence-corrected chi connectivity index (χ3v) is 5.01. The van der Waals surface area contributed by atoms with Gasteiger partial charge in [0, 0.05) is 38.4 Å². The van der Waals surface area contributed by atoms with Crippen molar-refractivity contribution >= 4 is 11.7 Å². The largest absolute Gasteiger partial charge is 0.378 e. The predicted octanol–water partition coefficient (Wildman–Crippen LogP) is 3.00. The third kappa shape index (κ3) is 4.63. The lowest BCUT2D eigenvalue weighted by atomic mass is 9.96. The maximum absolute atomic E-state index is 12.3. The van der Waals surface area contributed by atoms with Gasteiger partial charge in [-0.3, -0.25) is 0 Å². The number of nitrogens with zero attached hydrogens (tertiary/aromatic N) is 2. The van der Waals surface area contributed by atoms with Crippen molar-refractivity contribution in [2.24, 2.45) is 0 Å². The second kappa shape index (κ2) is 8.38. The molecule has 0 spiro atoms. The van der Waals surface area contributed by atoms with Gasteiger partial charge in [-0.05, 0) is 30.5 Å². The molecule has 0 radical (unpaired) electrons. The van der Waals surface area contributed by atoms with Crippen molar-refractivity contribution in [1.29, 1.82) is 0 Å². The summed E-state index contributed by atoms with van der Waals surface area (Å²) in [6.45, 7) is 4.13. The Morgan fingerprint density at radius 3 is 2.50 bits per heavy atom. The summed E-state index contributed by atoms with van der Waals surface area (Å²) in [6.07, 6.45) is 6.01. The second-order valence-electron chi connectivity index (χ2n) is 6.91. The highest BCUT2D eigenvalue weighted by atomic mass is 16.5. The first-order valence-electron chi connectivity index (χ1n) is 9.15. The van der Waals surface area contributed by atoms with Crippen LogP contribution in [0.2, 0.25) is 0 Å². The molecular formula is C19H29N3O2. The maximum Gasteiger partial charge on any atom is 0.317 e. The minimum absolute atomic E-state index is 0.0409. The Morgan fingerprint density at radius 2 is 1.83 bits per heavy atom. The van der Waals surface area contributed by atoms with Crippen LogP contribution in [0.25, 0.3) is 0 Å². The first-order valence-corrected chi connectivity index (χ1v) is 9.15. The van der Waals surface area contributed by atoms with Crippen LogP contribution in [0.1, 0.15) is 37.7 Å². The highest BCUT2D eigenvalue weighted by Gasteiger charge is 2.18. The summed E-state index contributed by atoms with van der Waals surface area (Å²) in [5.74, 6) is 0. The van der Waals surface area contributed by atoms with E-state index >= 15 is 0 Å². The molecule has 1 aromatic rings. The Labute approximate surface area is 145 Å². The SMILES string of the molecule is CN(Cc1ccc(N2CCOCC2)cc1)C(=O)NC1CCCCC1. The molecule has 2 fully saturated rings. The highest BCUT2D eigenvalue weighted by molar-refractivity contribution is 5.74. The van der Waals surface area contributed by atoms with E-state index < -0.39 is 0 Å². The van der Waals surface area contributed by atoms with Crippen LogP contribution in [0.15, 0.2) is 24.3 Å². The van der Waals surface area contributed by atoms with E-state index in [0.717, 1.165) is 44.7 Å². The minimum atomic E-state index is 0.0409. The maximum atomic E-state index is 12.3. The Morgan fingerprint density at radius 1 is 1.17 bits per heavy atom. The van der Waals surface area contributed by atoms with Gasteiger partial charge >= 0.3 is 6.03 Å². The van der Waals surface area contributed by atoms with E-state index in [1.165, 1.54) is 24.9 Å². The molecule has 1 aliphatic carbocycles. The van der Waals surface area contributed by atoms with Crippen LogP contribution < -0.4 is 10.2 Å². The molecule has 24 heavy (non-hydrogen) atoms. The normalized spacial score (nSPS) is 19.1. The van der Waals surface area contributed by atoms with Crippen LogP contribution in [-0.4, -0.2) is 50.3 Å². The number of nitrogens with one attached hydrogen (secondary N) is 1. The fourth-order valence-corrected chi connectivity index (χ4v) is 3.51. The molecule has 0 bridgehead atoms. The summed E-state index contributed by atoms with van der Waals surface area (Å²) in [7, 11) is 1.87. The number of anilines is 1. The number of morpholine rings is 1. The number of hydrogen-bond acceptors (Lipinski definition) is 3. The number of rotatable bonds is 4. The van der Waals surface area contributed by atoms with Crippen molar-refractivity contribution in [2.75, 3.05) is 38.3 Å². The minimum Gasteiger partial charge on any atom is -0.378 e. The molecule has 5 heteroatoms. The first kappa shape index (κ1) is 17.1. The molecule has 1 aromatic carbocycles. The zero-order valence-electron chi connectivity index (χ0n) is 14.7. The van der Waals surface area contributed by atoms with Crippen molar-refractivity contribution in [2.45, 2.75) is 44.7 Å². The molecule has 1 aliphatic heterocycles. The number of hydrogen-bond donors (Lipinski definition) is 1. The third-order valence-electron chi connectivity index (χ3n) is 5.01. The average molecular weight is 331 g/mol. The second-order valence-corrected chi connectivity index (χ2v) is 6.91. The summed E-state index contributed by atoms with van der Waals surface area (Å²) >= 11 is 0. The summed E-state index contributed by atoms with van der Waals surface area (Å²) in [4.78, 5) is 16.4. The van der Waals surface area contributed by atoms with Gasteiger partial charge in [0.25, 0.3) is 0 Å². The summed E-state index contributed by atoms with van der Waals surface area (Å²) in [5.41, 5.74) is 2.39. The molecule has 5 nitrogen and oxygen atoms in total. The van der Waals surface area contributed by atoms with Crippen LogP contribution >= 0.6 is 0 Å². The number of carbonyl (C=O) groups is 1. The summed E-state index contributed by atoms with van der Waals surface area (Å²) < 4.78 is 5.39. The number of amides is 2. The first-order chi connectivity index (χ1) is 11.7. The molecule has 2 aliphatic rings. The van der Waals surface area contributed by atoms with Crippen LogP contribution in [0.5, 0.6) is 0 Å². The molecule has 1 heterocycles. The van der Waals surface area contributed by atoms with E-state index in [1.54, 1.807) is 4.90 Å². The Hall–Kier alpha value is -1.75. The van der Waals surface area contributed by atoms with E-state index in [1.807, 2.05) is 7.05 Å². The molecule has 3 rings (SSSR count). The topological polar surface area (TPSA) is 44.8 Å². The summed E-state index contributed by atoms with van der Waals surface area (Å²) in [5, 5.41) is 3.17. The van der Waals surface area contributed by atoms with Gasteiger partial charge in [-0.1, -0.05) is 31.4 Å². The molecule has 1 N–H and O–H groups in total. The number of carbonyl (C=O) groups excluding carboxylic acids is 1. The number of urea groups is 1. The monoisotopic (exact) mass is 331 g/mol. The predicted molar refractivity (Wildman–Crippen MR) is 96.3 cm³/mol. The van der Waals surface area contributed by atoms with E-state index in [-0.39, 0.29) is 6.03 Å². The van der Waals surface area contributed by atoms with Crippen molar-refractivity contribution in [3.63, 3.8) is 0 Å². The van der Waals surface area contributed by atoms with Crippen LogP contribution in [0, 0.1) is 0 Å². The summed E-state index contributed by atoms with van der Waals surface area (Å²) in [6, 6.07) is 8.93. The van der Waals surface area contributed by atoms with E-state index in [2.05, 4.69) is 34.5 Å². The zero-order chi connectivity index (χ0) is 16.8. The standard InChI is InChI=1S/C19H29N3O2/c1-21(19(23)20-17-5-3-2-4-6-17)15-16-7-9-18(10-8-16)22-11-13-24-14-12-22/h7-10,17H,2-6,11-15H2,1H3,(H,20,23).